The van der Waals surface area contributed by atoms with Crippen LogP contribution in [0.5, 0.6) is 0 Å². The Hall–Kier alpha value is -0.430. The summed E-state index contributed by atoms with van der Waals surface area (Å²) in [7, 11) is -3.58. The standard InChI is InChI=1S/C8H14N2O2S2/c1-6(10-14(9,11)12)5-8-4-3-7(2)13-8/h3-4,6,10H,5H2,1-2H3,(H2,9,11,12). The summed E-state index contributed by atoms with van der Waals surface area (Å²) in [5.41, 5.74) is 0. The Morgan fingerprint density at radius 2 is 2.21 bits per heavy atom. The highest BCUT2D eigenvalue weighted by Crippen LogP contribution is 2.16. The molecule has 3 N–H and O–H groups in total. The number of hydrogen-bond acceptors (Lipinski definition) is 3. The molecule has 0 aliphatic heterocycles. The zero-order valence-electron chi connectivity index (χ0n) is 8.15. The monoisotopic (exact) mass is 234 g/mol. The average molecular weight is 234 g/mol. The summed E-state index contributed by atoms with van der Waals surface area (Å²) in [5, 5.41) is 4.86. The maximum atomic E-state index is 10.7. The molecule has 0 fully saturated rings. The van der Waals surface area contributed by atoms with Crippen LogP contribution in [-0.2, 0) is 16.6 Å². The molecule has 0 aliphatic carbocycles. The Labute approximate surface area is 88.3 Å². The van der Waals surface area contributed by atoms with Gasteiger partial charge in [0.1, 0.15) is 0 Å². The summed E-state index contributed by atoms with van der Waals surface area (Å²) in [4.78, 5) is 2.38. The summed E-state index contributed by atoms with van der Waals surface area (Å²) in [6, 6.07) is 3.85. The van der Waals surface area contributed by atoms with Crippen LogP contribution in [0.15, 0.2) is 12.1 Å². The van der Waals surface area contributed by atoms with Crippen molar-refractivity contribution in [3.8, 4) is 0 Å². The van der Waals surface area contributed by atoms with Gasteiger partial charge in [-0.1, -0.05) is 0 Å². The zero-order valence-corrected chi connectivity index (χ0v) is 9.78. The third kappa shape index (κ3) is 4.19. The van der Waals surface area contributed by atoms with Gasteiger partial charge in [-0.2, -0.15) is 13.1 Å². The molecule has 1 atom stereocenters. The highest BCUT2D eigenvalue weighted by Gasteiger charge is 2.10. The normalized spacial score (nSPS) is 14.2. The number of hydrogen-bond donors (Lipinski definition) is 2. The molecule has 0 amide bonds. The first kappa shape index (κ1) is 11.6. The van der Waals surface area contributed by atoms with Crippen LogP contribution in [0.1, 0.15) is 16.7 Å². The number of thiophene rings is 1. The molecule has 0 aromatic carbocycles. The predicted molar refractivity (Wildman–Crippen MR) is 58.5 cm³/mol. The van der Waals surface area contributed by atoms with Gasteiger partial charge in [-0.15, -0.1) is 11.3 Å². The van der Waals surface area contributed by atoms with Gasteiger partial charge in [0.05, 0.1) is 0 Å². The van der Waals surface area contributed by atoms with Crippen molar-refractivity contribution in [2.45, 2.75) is 26.3 Å². The van der Waals surface area contributed by atoms with E-state index in [1.54, 1.807) is 18.3 Å². The first-order valence-electron chi connectivity index (χ1n) is 4.22. The Balaban J connectivity index is 2.53. The first-order valence-corrected chi connectivity index (χ1v) is 6.58. The van der Waals surface area contributed by atoms with E-state index in [1.165, 1.54) is 4.88 Å². The molecular formula is C8H14N2O2S2. The number of nitrogens with two attached hydrogens (primary N) is 1. The van der Waals surface area contributed by atoms with Gasteiger partial charge in [-0.3, -0.25) is 0 Å². The quantitative estimate of drug-likeness (QED) is 0.808. The van der Waals surface area contributed by atoms with Crippen molar-refractivity contribution >= 4 is 21.5 Å². The Morgan fingerprint density at radius 1 is 1.57 bits per heavy atom. The van der Waals surface area contributed by atoms with Gasteiger partial charge in [0, 0.05) is 15.8 Å². The van der Waals surface area contributed by atoms with Crippen LogP contribution in [0.4, 0.5) is 0 Å². The molecule has 1 aromatic heterocycles. The van der Waals surface area contributed by atoms with E-state index in [-0.39, 0.29) is 6.04 Å². The van der Waals surface area contributed by atoms with Crippen LogP contribution in [0.2, 0.25) is 0 Å². The molecule has 0 saturated heterocycles. The van der Waals surface area contributed by atoms with Crippen LogP contribution in [-0.4, -0.2) is 14.5 Å². The lowest BCUT2D eigenvalue weighted by Gasteiger charge is -2.09. The summed E-state index contributed by atoms with van der Waals surface area (Å²) in [6.07, 6.45) is 0.676. The van der Waals surface area contributed by atoms with E-state index >= 15 is 0 Å². The summed E-state index contributed by atoms with van der Waals surface area (Å²) >= 11 is 1.67. The van der Waals surface area contributed by atoms with Gasteiger partial charge in [-0.25, -0.2) is 5.14 Å². The molecule has 0 aliphatic rings. The van der Waals surface area contributed by atoms with Gasteiger partial charge < -0.3 is 0 Å². The summed E-state index contributed by atoms with van der Waals surface area (Å²) < 4.78 is 23.7. The van der Waals surface area contributed by atoms with Gasteiger partial charge in [0.15, 0.2) is 0 Å². The van der Waals surface area contributed by atoms with Crippen molar-refractivity contribution in [2.75, 3.05) is 0 Å². The summed E-state index contributed by atoms with van der Waals surface area (Å²) in [6.45, 7) is 3.81. The van der Waals surface area contributed by atoms with E-state index < -0.39 is 10.2 Å². The molecule has 0 radical (unpaired) electrons. The van der Waals surface area contributed by atoms with Gasteiger partial charge in [0.2, 0.25) is 0 Å². The minimum atomic E-state index is -3.58. The number of rotatable bonds is 4. The SMILES string of the molecule is Cc1ccc(CC(C)NS(N)(=O)=O)s1. The molecule has 0 spiro atoms. The van der Waals surface area contributed by atoms with E-state index in [2.05, 4.69) is 4.72 Å². The molecule has 80 valence electrons. The number of aryl methyl sites for hydroxylation is 1. The minimum Gasteiger partial charge on any atom is -0.216 e. The fourth-order valence-electron chi connectivity index (χ4n) is 1.22. The second-order valence-corrected chi connectivity index (χ2v) is 5.98. The Morgan fingerprint density at radius 3 is 2.64 bits per heavy atom. The van der Waals surface area contributed by atoms with Crippen LogP contribution < -0.4 is 9.86 Å². The highest BCUT2D eigenvalue weighted by molar-refractivity contribution is 7.87. The third-order valence-corrected chi connectivity index (χ3v) is 3.42. The lowest BCUT2D eigenvalue weighted by Crippen LogP contribution is -2.38. The smallest absolute Gasteiger partial charge is 0.216 e. The molecule has 1 aromatic rings. The van der Waals surface area contributed by atoms with Crippen LogP contribution >= 0.6 is 11.3 Å². The largest absolute Gasteiger partial charge is 0.274 e. The average Bonchev–Trinajstić information content (AvgIpc) is 2.30. The Kier molecular flexibility index (Phi) is 3.65. The first-order chi connectivity index (χ1) is 6.37. The topological polar surface area (TPSA) is 72.2 Å². The van der Waals surface area contributed by atoms with Crippen molar-refractivity contribution in [3.63, 3.8) is 0 Å². The lowest BCUT2D eigenvalue weighted by atomic mass is 10.2. The molecule has 1 heterocycles. The second-order valence-electron chi connectivity index (χ2n) is 3.28. The van der Waals surface area contributed by atoms with Crippen LogP contribution in [0.25, 0.3) is 0 Å². The molecule has 1 rings (SSSR count). The maximum Gasteiger partial charge on any atom is 0.274 e. The molecule has 0 bridgehead atoms. The van der Waals surface area contributed by atoms with Gasteiger partial charge >= 0.3 is 0 Å². The van der Waals surface area contributed by atoms with Gasteiger partial charge in [-0.05, 0) is 32.4 Å². The van der Waals surface area contributed by atoms with E-state index in [9.17, 15) is 8.42 Å². The van der Waals surface area contributed by atoms with Crippen LogP contribution in [0.3, 0.4) is 0 Å². The van der Waals surface area contributed by atoms with Crippen molar-refractivity contribution < 1.29 is 8.42 Å². The lowest BCUT2D eigenvalue weighted by molar-refractivity contribution is 0.562. The van der Waals surface area contributed by atoms with E-state index in [1.807, 2.05) is 19.1 Å². The van der Waals surface area contributed by atoms with Crippen molar-refractivity contribution in [3.05, 3.63) is 21.9 Å². The molecule has 4 nitrogen and oxygen atoms in total. The molecule has 1 unspecified atom stereocenters. The van der Waals surface area contributed by atoms with E-state index in [0.717, 1.165) is 4.88 Å². The third-order valence-electron chi connectivity index (χ3n) is 1.67. The molecule has 6 heteroatoms. The fraction of sp³-hybridized carbons (Fsp3) is 0.500. The van der Waals surface area contributed by atoms with Crippen molar-refractivity contribution in [1.82, 2.24) is 4.72 Å². The van der Waals surface area contributed by atoms with E-state index in [0.29, 0.717) is 6.42 Å². The van der Waals surface area contributed by atoms with Gasteiger partial charge in [0.25, 0.3) is 10.2 Å². The molecule has 0 saturated carbocycles. The fourth-order valence-corrected chi connectivity index (χ4v) is 2.88. The molecular weight excluding hydrogens is 220 g/mol. The maximum absolute atomic E-state index is 10.7. The van der Waals surface area contributed by atoms with Crippen molar-refractivity contribution in [1.29, 1.82) is 0 Å². The second kappa shape index (κ2) is 4.39. The minimum absolute atomic E-state index is 0.164. The highest BCUT2D eigenvalue weighted by atomic mass is 32.2. The zero-order chi connectivity index (χ0) is 10.8. The number of nitrogens with one attached hydrogen (secondary N) is 1. The van der Waals surface area contributed by atoms with Crippen molar-refractivity contribution in [2.24, 2.45) is 5.14 Å². The van der Waals surface area contributed by atoms with E-state index in [4.69, 9.17) is 5.14 Å². The summed E-state index contributed by atoms with van der Waals surface area (Å²) in [5.74, 6) is 0. The predicted octanol–water partition coefficient (Wildman–Crippen LogP) is 0.781. The molecule has 14 heavy (non-hydrogen) atoms. The Bertz CT molecular complexity index is 397. The van der Waals surface area contributed by atoms with Crippen LogP contribution in [0, 0.1) is 6.92 Å².